The molecule has 0 spiro atoms. The summed E-state index contributed by atoms with van der Waals surface area (Å²) in [5.41, 5.74) is 0. The second-order valence-electron chi connectivity index (χ2n) is 17.2. The first-order valence-electron chi connectivity index (χ1n) is 25.2. The molecule has 3 atom stereocenters. The van der Waals surface area contributed by atoms with Crippen LogP contribution in [0.4, 0.5) is 0 Å². The fraction of sp³-hybridized carbons (Fsp3) is 0.846. The van der Waals surface area contributed by atoms with Crippen molar-refractivity contribution >= 4 is 11.9 Å². The van der Waals surface area contributed by atoms with Gasteiger partial charge < -0.3 is 20.3 Å². The zero-order chi connectivity index (χ0) is 42.4. The summed E-state index contributed by atoms with van der Waals surface area (Å²) in [5.74, 6) is -0.492. The van der Waals surface area contributed by atoms with Crippen molar-refractivity contribution in [3.05, 3.63) is 36.5 Å². The van der Waals surface area contributed by atoms with Crippen LogP contribution in [0.25, 0.3) is 0 Å². The van der Waals surface area contributed by atoms with E-state index in [9.17, 15) is 19.8 Å². The second-order valence-corrected chi connectivity index (χ2v) is 17.2. The third kappa shape index (κ3) is 40.8. The molecule has 3 unspecified atom stereocenters. The van der Waals surface area contributed by atoms with Crippen molar-refractivity contribution < 1.29 is 24.5 Å². The van der Waals surface area contributed by atoms with Gasteiger partial charge in [0.15, 0.2) is 0 Å². The average Bonchev–Trinajstić information content (AvgIpc) is 3.22. The molecule has 0 heterocycles. The Labute approximate surface area is 360 Å². The van der Waals surface area contributed by atoms with Crippen molar-refractivity contribution in [2.75, 3.05) is 6.61 Å². The van der Waals surface area contributed by atoms with Crippen LogP contribution < -0.4 is 5.32 Å². The maximum atomic E-state index is 13.2. The fourth-order valence-corrected chi connectivity index (χ4v) is 7.64. The van der Waals surface area contributed by atoms with Crippen LogP contribution in [0.5, 0.6) is 0 Å². The SMILES string of the molecule is CC/C=C/C/C=C/CCCCCCCCCC(=O)OC(CCCCC/C=C/CCCCCCCCC)CC(=O)NC(CO)C(O)CCCCCCCCCCCCC. The highest BCUT2D eigenvalue weighted by atomic mass is 16.5. The molecule has 58 heavy (non-hydrogen) atoms. The molecule has 3 N–H and O–H groups in total. The van der Waals surface area contributed by atoms with Crippen LogP contribution in [0.3, 0.4) is 0 Å². The lowest BCUT2D eigenvalue weighted by Crippen LogP contribution is -2.46. The molecule has 0 aliphatic rings. The Bertz CT molecular complexity index is 961. The molecule has 0 saturated heterocycles. The summed E-state index contributed by atoms with van der Waals surface area (Å²) in [6, 6.07) is -0.704. The number of nitrogens with one attached hydrogen (secondary N) is 1. The van der Waals surface area contributed by atoms with Crippen molar-refractivity contribution in [2.24, 2.45) is 0 Å². The Kier molecular flexibility index (Phi) is 44.6. The van der Waals surface area contributed by atoms with Crippen LogP contribution >= 0.6 is 0 Å². The number of hydrogen-bond acceptors (Lipinski definition) is 5. The van der Waals surface area contributed by atoms with Gasteiger partial charge in [0.2, 0.25) is 5.91 Å². The first-order chi connectivity index (χ1) is 28.5. The minimum absolute atomic E-state index is 0.0659. The molecule has 0 saturated carbocycles. The van der Waals surface area contributed by atoms with Crippen molar-refractivity contribution in [2.45, 2.75) is 277 Å². The first-order valence-corrected chi connectivity index (χ1v) is 25.2. The molecule has 0 aromatic heterocycles. The Morgan fingerprint density at radius 1 is 0.517 bits per heavy atom. The van der Waals surface area contributed by atoms with Crippen LogP contribution in [-0.4, -0.2) is 46.9 Å². The van der Waals surface area contributed by atoms with E-state index in [-0.39, 0.29) is 24.9 Å². The maximum Gasteiger partial charge on any atom is 0.306 e. The molecule has 0 bridgehead atoms. The molecule has 0 aliphatic carbocycles. The predicted molar refractivity (Wildman–Crippen MR) is 250 cm³/mol. The van der Waals surface area contributed by atoms with Crippen molar-refractivity contribution in [3.8, 4) is 0 Å². The molecule has 0 radical (unpaired) electrons. The third-order valence-electron chi connectivity index (χ3n) is 11.5. The van der Waals surface area contributed by atoms with E-state index in [1.54, 1.807) is 0 Å². The third-order valence-corrected chi connectivity index (χ3v) is 11.5. The van der Waals surface area contributed by atoms with Crippen LogP contribution in [0.15, 0.2) is 36.5 Å². The highest BCUT2D eigenvalue weighted by Gasteiger charge is 2.24. The number of unbranched alkanes of at least 4 members (excludes halogenated alkanes) is 27. The van der Waals surface area contributed by atoms with E-state index in [1.165, 1.54) is 128 Å². The number of amides is 1. The number of carbonyl (C=O) groups is 2. The van der Waals surface area contributed by atoms with E-state index in [1.807, 2.05) is 0 Å². The number of ether oxygens (including phenoxy) is 1. The minimum Gasteiger partial charge on any atom is -0.462 e. The molecular weight excluding hydrogens is 719 g/mol. The standard InChI is InChI=1S/C52H97NO5/c1-4-7-10-13-16-19-22-24-26-29-31-34-37-40-43-48(58-52(57)45-42-39-36-33-30-27-25-23-20-17-14-11-8-5-2)46-51(56)53-49(47-54)50(55)44-41-38-35-32-28-21-18-15-12-9-6-3/h8,11,17,20,26,29,48-50,54-55H,4-7,9-10,12-16,18-19,21-25,27-28,30-47H2,1-3H3,(H,53,56)/b11-8+,20-17+,29-26+. The van der Waals surface area contributed by atoms with Crippen molar-refractivity contribution in [3.63, 3.8) is 0 Å². The summed E-state index contributed by atoms with van der Waals surface area (Å²) < 4.78 is 5.92. The van der Waals surface area contributed by atoms with Gasteiger partial charge in [0, 0.05) is 6.42 Å². The minimum atomic E-state index is -0.790. The predicted octanol–water partition coefficient (Wildman–Crippen LogP) is 14.9. The van der Waals surface area contributed by atoms with Gasteiger partial charge in [-0.05, 0) is 77.0 Å². The Balaban J connectivity index is 4.61. The van der Waals surface area contributed by atoms with Gasteiger partial charge >= 0.3 is 5.97 Å². The monoisotopic (exact) mass is 816 g/mol. The highest BCUT2D eigenvalue weighted by molar-refractivity contribution is 5.77. The largest absolute Gasteiger partial charge is 0.462 e. The molecule has 0 rings (SSSR count). The van der Waals surface area contributed by atoms with Gasteiger partial charge in [0.25, 0.3) is 0 Å². The van der Waals surface area contributed by atoms with Gasteiger partial charge in [0.1, 0.15) is 6.10 Å². The lowest BCUT2D eigenvalue weighted by Gasteiger charge is -2.24. The van der Waals surface area contributed by atoms with Gasteiger partial charge in [-0.2, -0.15) is 0 Å². The lowest BCUT2D eigenvalue weighted by molar-refractivity contribution is -0.151. The fourth-order valence-electron chi connectivity index (χ4n) is 7.64. The van der Waals surface area contributed by atoms with Crippen molar-refractivity contribution in [1.82, 2.24) is 5.32 Å². The molecule has 0 fully saturated rings. The average molecular weight is 816 g/mol. The van der Waals surface area contributed by atoms with E-state index >= 15 is 0 Å². The number of hydrogen-bond donors (Lipinski definition) is 3. The van der Waals surface area contributed by atoms with Crippen LogP contribution in [0.1, 0.15) is 258 Å². The second kappa shape index (κ2) is 46.2. The quantitative estimate of drug-likeness (QED) is 0.0323. The summed E-state index contributed by atoms with van der Waals surface area (Å²) >= 11 is 0. The molecule has 1 amide bonds. The molecule has 6 nitrogen and oxygen atoms in total. The molecule has 0 aromatic carbocycles. The van der Waals surface area contributed by atoms with Crippen LogP contribution in [-0.2, 0) is 14.3 Å². The normalized spacial score (nSPS) is 13.5. The zero-order valence-electron chi connectivity index (χ0n) is 38.7. The molecule has 340 valence electrons. The summed E-state index contributed by atoms with van der Waals surface area (Å²) in [7, 11) is 0. The first kappa shape index (κ1) is 56.1. The van der Waals surface area contributed by atoms with Gasteiger partial charge in [-0.25, -0.2) is 0 Å². The van der Waals surface area contributed by atoms with Gasteiger partial charge in [0.05, 0.1) is 25.2 Å². The number of rotatable bonds is 45. The summed E-state index contributed by atoms with van der Waals surface area (Å²) in [4.78, 5) is 26.1. The molecule has 0 aromatic rings. The number of esters is 1. The van der Waals surface area contributed by atoms with Crippen molar-refractivity contribution in [1.29, 1.82) is 0 Å². The van der Waals surface area contributed by atoms with E-state index in [4.69, 9.17) is 4.74 Å². The maximum absolute atomic E-state index is 13.2. The number of carbonyl (C=O) groups excluding carboxylic acids is 2. The zero-order valence-corrected chi connectivity index (χ0v) is 38.7. The van der Waals surface area contributed by atoms with Crippen LogP contribution in [0.2, 0.25) is 0 Å². The molecule has 6 heteroatoms. The van der Waals surface area contributed by atoms with Crippen LogP contribution in [0, 0.1) is 0 Å². The van der Waals surface area contributed by atoms with Gasteiger partial charge in [-0.3, -0.25) is 9.59 Å². The molecule has 0 aliphatic heterocycles. The van der Waals surface area contributed by atoms with E-state index in [0.717, 1.165) is 83.5 Å². The van der Waals surface area contributed by atoms with E-state index in [0.29, 0.717) is 19.3 Å². The Morgan fingerprint density at radius 2 is 0.931 bits per heavy atom. The Morgan fingerprint density at radius 3 is 1.43 bits per heavy atom. The lowest BCUT2D eigenvalue weighted by atomic mass is 10.0. The van der Waals surface area contributed by atoms with E-state index in [2.05, 4.69) is 62.5 Å². The number of aliphatic hydroxyl groups is 2. The van der Waals surface area contributed by atoms with E-state index < -0.39 is 18.2 Å². The highest BCUT2D eigenvalue weighted by Crippen LogP contribution is 2.17. The van der Waals surface area contributed by atoms with Gasteiger partial charge in [-0.15, -0.1) is 0 Å². The topological polar surface area (TPSA) is 95.9 Å². The summed E-state index contributed by atoms with van der Waals surface area (Å²) in [5, 5.41) is 23.7. The number of allylic oxidation sites excluding steroid dienone is 6. The van der Waals surface area contributed by atoms with Gasteiger partial charge in [-0.1, -0.05) is 205 Å². The Hall–Kier alpha value is -1.92. The smallest absolute Gasteiger partial charge is 0.306 e. The summed E-state index contributed by atoms with van der Waals surface area (Å²) in [6.45, 7) is 6.37. The summed E-state index contributed by atoms with van der Waals surface area (Å²) in [6.07, 6.45) is 53.4. The number of aliphatic hydroxyl groups excluding tert-OH is 2. The molecular formula is C52H97NO5.